The maximum Gasteiger partial charge on any atom is 0.339 e. The maximum absolute atomic E-state index is 12.8. The minimum Gasteiger partial charge on any atom is -0.465 e. The van der Waals surface area contributed by atoms with E-state index in [0.29, 0.717) is 6.54 Å². The van der Waals surface area contributed by atoms with Crippen LogP contribution in [-0.2, 0) is 20.8 Å². The Labute approximate surface area is 169 Å². The van der Waals surface area contributed by atoms with Crippen molar-refractivity contribution in [3.8, 4) is 0 Å². The first kappa shape index (κ1) is 20.5. The number of benzene rings is 2. The van der Waals surface area contributed by atoms with E-state index in [9.17, 15) is 14.4 Å². The van der Waals surface area contributed by atoms with E-state index in [-0.39, 0.29) is 28.6 Å². The van der Waals surface area contributed by atoms with Gasteiger partial charge in [-0.2, -0.15) is 0 Å². The summed E-state index contributed by atoms with van der Waals surface area (Å²) in [6.07, 6.45) is 0.725. The zero-order valence-corrected chi connectivity index (χ0v) is 16.5. The molecule has 0 aromatic heterocycles. The Hall–Kier alpha value is -3.19. The fraction of sp³-hybridized carbons (Fsp3) is 0.318. The number of nitrogens with zero attached hydrogens (tertiary/aromatic N) is 1. The van der Waals surface area contributed by atoms with E-state index in [1.54, 1.807) is 0 Å². The Morgan fingerprint density at radius 3 is 2.45 bits per heavy atom. The third-order valence-electron chi connectivity index (χ3n) is 5.00. The predicted octanol–water partition coefficient (Wildman–Crippen LogP) is 2.72. The molecule has 1 heterocycles. The second-order valence-corrected chi connectivity index (χ2v) is 6.94. The molecule has 0 aliphatic carbocycles. The number of carbonyl (C=O) groups excluding carboxylic acids is 3. The SMILES string of the molecule is COC(=O)c1ccc(C(=O)OC)c(NC(=O)C2CCN(Cc3ccccc3)C2)c1. The second-order valence-electron chi connectivity index (χ2n) is 6.94. The number of likely N-dealkylation sites (tertiary alicyclic amines) is 1. The summed E-state index contributed by atoms with van der Waals surface area (Å²) >= 11 is 0. The van der Waals surface area contributed by atoms with Gasteiger partial charge in [0.1, 0.15) is 0 Å². The molecule has 1 unspecified atom stereocenters. The van der Waals surface area contributed by atoms with E-state index in [1.165, 1.54) is 38.0 Å². The van der Waals surface area contributed by atoms with Gasteiger partial charge in [-0.15, -0.1) is 0 Å². The van der Waals surface area contributed by atoms with Crippen molar-refractivity contribution in [2.24, 2.45) is 5.92 Å². The van der Waals surface area contributed by atoms with E-state index >= 15 is 0 Å². The number of nitrogens with one attached hydrogen (secondary N) is 1. The van der Waals surface area contributed by atoms with Gasteiger partial charge in [0, 0.05) is 13.1 Å². The number of amides is 1. The number of carbonyl (C=O) groups is 3. The molecule has 1 saturated heterocycles. The Morgan fingerprint density at radius 2 is 1.76 bits per heavy atom. The first-order chi connectivity index (χ1) is 14.0. The molecule has 0 radical (unpaired) electrons. The summed E-state index contributed by atoms with van der Waals surface area (Å²) in [6, 6.07) is 14.5. The fourth-order valence-corrected chi connectivity index (χ4v) is 3.45. The van der Waals surface area contributed by atoms with Crippen LogP contribution in [0, 0.1) is 5.92 Å². The highest BCUT2D eigenvalue weighted by molar-refractivity contribution is 6.04. The van der Waals surface area contributed by atoms with Gasteiger partial charge in [0.05, 0.1) is 37.0 Å². The van der Waals surface area contributed by atoms with Gasteiger partial charge in [0.15, 0.2) is 0 Å². The van der Waals surface area contributed by atoms with Crippen molar-refractivity contribution in [1.82, 2.24) is 4.90 Å². The van der Waals surface area contributed by atoms with Crippen LogP contribution < -0.4 is 5.32 Å². The second kappa shape index (κ2) is 9.34. The molecule has 1 aliphatic rings. The molecule has 1 fully saturated rings. The van der Waals surface area contributed by atoms with Crippen molar-refractivity contribution in [2.45, 2.75) is 13.0 Å². The summed E-state index contributed by atoms with van der Waals surface area (Å²) in [5.41, 5.74) is 1.87. The van der Waals surface area contributed by atoms with E-state index in [1.807, 2.05) is 18.2 Å². The monoisotopic (exact) mass is 396 g/mol. The van der Waals surface area contributed by atoms with Crippen molar-refractivity contribution in [3.05, 3.63) is 65.2 Å². The number of anilines is 1. The zero-order valence-electron chi connectivity index (χ0n) is 16.5. The average Bonchev–Trinajstić information content (AvgIpc) is 3.22. The summed E-state index contributed by atoms with van der Waals surface area (Å²) < 4.78 is 9.50. The molecule has 2 aromatic carbocycles. The molecular formula is C22H24N2O5. The number of rotatable bonds is 6. The first-order valence-electron chi connectivity index (χ1n) is 9.39. The molecule has 1 atom stereocenters. The normalized spacial score (nSPS) is 16.3. The van der Waals surface area contributed by atoms with Gasteiger partial charge in [-0.1, -0.05) is 30.3 Å². The van der Waals surface area contributed by atoms with E-state index < -0.39 is 11.9 Å². The Kier molecular flexibility index (Phi) is 6.61. The van der Waals surface area contributed by atoms with Gasteiger partial charge >= 0.3 is 11.9 Å². The Balaban J connectivity index is 1.71. The summed E-state index contributed by atoms with van der Waals surface area (Å²) in [5, 5.41) is 2.80. The molecule has 2 aromatic rings. The van der Waals surface area contributed by atoms with Crippen molar-refractivity contribution < 1.29 is 23.9 Å². The Morgan fingerprint density at radius 1 is 1.03 bits per heavy atom. The molecule has 1 aliphatic heterocycles. The standard InChI is InChI=1S/C22H24N2O5/c1-28-21(26)16-8-9-18(22(27)29-2)19(12-16)23-20(25)17-10-11-24(14-17)13-15-6-4-3-5-7-15/h3-9,12,17H,10-11,13-14H2,1-2H3,(H,23,25). The first-order valence-corrected chi connectivity index (χ1v) is 9.39. The molecule has 7 heteroatoms. The lowest BCUT2D eigenvalue weighted by Crippen LogP contribution is -2.27. The highest BCUT2D eigenvalue weighted by Crippen LogP contribution is 2.24. The quantitative estimate of drug-likeness (QED) is 0.756. The topological polar surface area (TPSA) is 84.9 Å². The molecule has 3 rings (SSSR count). The lowest BCUT2D eigenvalue weighted by atomic mass is 10.1. The van der Waals surface area contributed by atoms with Gasteiger partial charge < -0.3 is 14.8 Å². The summed E-state index contributed by atoms with van der Waals surface area (Å²) in [6.45, 7) is 2.24. The van der Waals surface area contributed by atoms with Crippen LogP contribution in [0.15, 0.2) is 48.5 Å². The number of esters is 2. The fourth-order valence-electron chi connectivity index (χ4n) is 3.45. The van der Waals surface area contributed by atoms with Gasteiger partial charge in [-0.3, -0.25) is 9.69 Å². The molecule has 0 bridgehead atoms. The van der Waals surface area contributed by atoms with Crippen molar-refractivity contribution >= 4 is 23.5 Å². The number of hydrogen-bond acceptors (Lipinski definition) is 6. The molecule has 29 heavy (non-hydrogen) atoms. The minimum atomic E-state index is -0.589. The highest BCUT2D eigenvalue weighted by atomic mass is 16.5. The van der Waals surface area contributed by atoms with E-state index in [4.69, 9.17) is 9.47 Å². The van der Waals surface area contributed by atoms with Crippen LogP contribution >= 0.6 is 0 Å². The predicted molar refractivity (Wildman–Crippen MR) is 108 cm³/mol. The smallest absolute Gasteiger partial charge is 0.339 e. The maximum atomic E-state index is 12.8. The Bertz CT molecular complexity index is 897. The summed E-state index contributed by atoms with van der Waals surface area (Å²) in [5.74, 6) is -1.53. The molecule has 1 N–H and O–H groups in total. The molecule has 152 valence electrons. The van der Waals surface area contributed by atoms with Crippen LogP contribution in [-0.4, -0.2) is 50.1 Å². The van der Waals surface area contributed by atoms with E-state index in [2.05, 4.69) is 22.3 Å². The molecule has 0 spiro atoms. The number of ether oxygens (including phenoxy) is 2. The molecular weight excluding hydrogens is 372 g/mol. The van der Waals surface area contributed by atoms with Crippen LogP contribution in [0.2, 0.25) is 0 Å². The molecule has 0 saturated carbocycles. The lowest BCUT2D eigenvalue weighted by Gasteiger charge is -2.17. The van der Waals surface area contributed by atoms with Gasteiger partial charge in [0.25, 0.3) is 0 Å². The van der Waals surface area contributed by atoms with Crippen molar-refractivity contribution in [1.29, 1.82) is 0 Å². The third-order valence-corrected chi connectivity index (χ3v) is 5.00. The minimum absolute atomic E-state index is 0.187. The van der Waals surface area contributed by atoms with Gasteiger partial charge in [-0.05, 0) is 36.7 Å². The lowest BCUT2D eigenvalue weighted by molar-refractivity contribution is -0.119. The van der Waals surface area contributed by atoms with Crippen molar-refractivity contribution in [2.75, 3.05) is 32.6 Å². The summed E-state index contributed by atoms with van der Waals surface area (Å²) in [4.78, 5) is 38.9. The van der Waals surface area contributed by atoms with Crippen LogP contribution in [0.3, 0.4) is 0 Å². The number of methoxy groups -OCH3 is 2. The third kappa shape index (κ3) is 5.00. The van der Waals surface area contributed by atoms with Crippen LogP contribution in [0.25, 0.3) is 0 Å². The molecule has 1 amide bonds. The van der Waals surface area contributed by atoms with Crippen molar-refractivity contribution in [3.63, 3.8) is 0 Å². The van der Waals surface area contributed by atoms with E-state index in [0.717, 1.165) is 19.5 Å². The van der Waals surface area contributed by atoms with Crippen LogP contribution in [0.1, 0.15) is 32.7 Å². The average molecular weight is 396 g/mol. The van der Waals surface area contributed by atoms with Gasteiger partial charge in [0.2, 0.25) is 5.91 Å². The van der Waals surface area contributed by atoms with Crippen LogP contribution in [0.5, 0.6) is 0 Å². The highest BCUT2D eigenvalue weighted by Gasteiger charge is 2.29. The zero-order chi connectivity index (χ0) is 20.8. The number of hydrogen-bond donors (Lipinski definition) is 1. The summed E-state index contributed by atoms with van der Waals surface area (Å²) in [7, 11) is 2.54. The van der Waals surface area contributed by atoms with Gasteiger partial charge in [-0.25, -0.2) is 9.59 Å². The van der Waals surface area contributed by atoms with Crippen LogP contribution in [0.4, 0.5) is 5.69 Å². The molecule has 7 nitrogen and oxygen atoms in total. The largest absolute Gasteiger partial charge is 0.465 e.